The fourth-order valence-electron chi connectivity index (χ4n) is 1.57. The molecule has 0 saturated heterocycles. The van der Waals surface area contributed by atoms with Crippen molar-refractivity contribution >= 4 is 28.8 Å². The van der Waals surface area contributed by atoms with Gasteiger partial charge in [-0.05, 0) is 23.8 Å². The standard InChI is InChI=1S/C13H9ClF3N3S/c14-10-5-4-9(7-18-10)8-20-6-2-1-3-11(20)19-12(21)13(15,16)17/h1-7H,8H2/b19-11+. The lowest BCUT2D eigenvalue weighted by Gasteiger charge is -2.08. The van der Waals surface area contributed by atoms with E-state index in [0.29, 0.717) is 11.7 Å². The second kappa shape index (κ2) is 6.36. The number of rotatable bonds is 2. The summed E-state index contributed by atoms with van der Waals surface area (Å²) in [7, 11) is 0. The van der Waals surface area contributed by atoms with Crippen LogP contribution in [0.2, 0.25) is 5.15 Å². The van der Waals surface area contributed by atoms with Crippen LogP contribution in [0.4, 0.5) is 13.2 Å². The molecule has 0 fully saturated rings. The van der Waals surface area contributed by atoms with Crippen molar-refractivity contribution < 1.29 is 13.2 Å². The Morgan fingerprint density at radius 3 is 2.67 bits per heavy atom. The lowest BCUT2D eigenvalue weighted by atomic mass is 10.3. The number of aromatic nitrogens is 2. The monoisotopic (exact) mass is 331 g/mol. The van der Waals surface area contributed by atoms with Crippen LogP contribution >= 0.6 is 23.8 Å². The molecule has 2 rings (SSSR count). The van der Waals surface area contributed by atoms with Gasteiger partial charge in [-0.1, -0.05) is 36.0 Å². The molecule has 0 spiro atoms. The average Bonchev–Trinajstić information content (AvgIpc) is 2.42. The molecule has 2 aromatic heterocycles. The van der Waals surface area contributed by atoms with Crippen molar-refractivity contribution in [1.29, 1.82) is 0 Å². The maximum atomic E-state index is 12.5. The van der Waals surface area contributed by atoms with E-state index in [0.717, 1.165) is 5.56 Å². The SMILES string of the molecule is FC(F)(F)C(=S)/N=c1\ccccn1Cc1ccc(Cl)nc1. The molecule has 110 valence electrons. The zero-order valence-electron chi connectivity index (χ0n) is 10.5. The van der Waals surface area contributed by atoms with Crippen LogP contribution in [0, 0.1) is 0 Å². The van der Waals surface area contributed by atoms with Crippen molar-refractivity contribution in [2.45, 2.75) is 12.7 Å². The van der Waals surface area contributed by atoms with E-state index in [1.807, 2.05) is 0 Å². The summed E-state index contributed by atoms with van der Waals surface area (Å²) in [6.45, 7) is 0.310. The molecule has 0 aromatic carbocycles. The van der Waals surface area contributed by atoms with Gasteiger partial charge < -0.3 is 4.57 Å². The first kappa shape index (κ1) is 15.7. The van der Waals surface area contributed by atoms with Gasteiger partial charge in [0.25, 0.3) is 0 Å². The molecular formula is C13H9ClF3N3S. The molecule has 0 N–H and O–H groups in total. The predicted molar refractivity (Wildman–Crippen MR) is 77.0 cm³/mol. The molecule has 2 heterocycles. The molecule has 0 atom stereocenters. The molecule has 0 amide bonds. The van der Waals surface area contributed by atoms with Gasteiger partial charge in [0.15, 0.2) is 0 Å². The number of hydrogen-bond donors (Lipinski definition) is 0. The third-order valence-electron chi connectivity index (χ3n) is 2.52. The summed E-state index contributed by atoms with van der Waals surface area (Å²) >= 11 is 9.97. The lowest BCUT2D eigenvalue weighted by molar-refractivity contribution is -0.0573. The molecule has 0 aliphatic carbocycles. The van der Waals surface area contributed by atoms with Crippen LogP contribution in [-0.2, 0) is 6.54 Å². The Morgan fingerprint density at radius 2 is 2.05 bits per heavy atom. The van der Waals surface area contributed by atoms with E-state index in [1.165, 1.54) is 6.07 Å². The minimum Gasteiger partial charge on any atom is -0.329 e. The van der Waals surface area contributed by atoms with Gasteiger partial charge in [0.1, 0.15) is 10.6 Å². The molecule has 0 aliphatic rings. The third-order valence-corrected chi connectivity index (χ3v) is 3.06. The Kier molecular flexibility index (Phi) is 4.74. The predicted octanol–water partition coefficient (Wildman–Crippen LogP) is 3.38. The first-order valence-electron chi connectivity index (χ1n) is 5.78. The van der Waals surface area contributed by atoms with Gasteiger partial charge in [-0.2, -0.15) is 13.2 Å². The van der Waals surface area contributed by atoms with Crippen molar-refractivity contribution in [2.75, 3.05) is 0 Å². The maximum absolute atomic E-state index is 12.5. The van der Waals surface area contributed by atoms with Crippen LogP contribution in [0.1, 0.15) is 5.56 Å². The normalized spacial score (nSPS) is 12.5. The molecule has 8 heteroatoms. The maximum Gasteiger partial charge on any atom is 0.443 e. The number of thiocarbonyl (C=S) groups is 1. The molecule has 2 aromatic rings. The fourth-order valence-corrected chi connectivity index (χ4v) is 1.77. The van der Waals surface area contributed by atoms with Crippen LogP contribution in [0.25, 0.3) is 0 Å². The number of alkyl halides is 3. The Labute approximate surface area is 128 Å². The van der Waals surface area contributed by atoms with E-state index in [4.69, 9.17) is 11.6 Å². The van der Waals surface area contributed by atoms with Crippen molar-refractivity contribution in [3.63, 3.8) is 0 Å². The van der Waals surface area contributed by atoms with Crippen molar-refractivity contribution in [3.8, 4) is 0 Å². The van der Waals surface area contributed by atoms with Crippen LogP contribution < -0.4 is 5.49 Å². The summed E-state index contributed by atoms with van der Waals surface area (Å²) in [4.78, 5) is 6.08. The highest BCUT2D eigenvalue weighted by Crippen LogP contribution is 2.17. The van der Waals surface area contributed by atoms with E-state index in [9.17, 15) is 13.2 Å². The molecule has 0 aliphatic heterocycles. The Hall–Kier alpha value is -1.73. The second-order valence-electron chi connectivity index (χ2n) is 4.09. The van der Waals surface area contributed by atoms with Crippen LogP contribution in [-0.4, -0.2) is 20.7 Å². The van der Waals surface area contributed by atoms with Gasteiger partial charge in [0.05, 0.1) is 6.54 Å². The van der Waals surface area contributed by atoms with E-state index >= 15 is 0 Å². The summed E-state index contributed by atoms with van der Waals surface area (Å²) in [5.74, 6) is 0. The summed E-state index contributed by atoms with van der Waals surface area (Å²) in [5, 5.41) is 0.347. The van der Waals surface area contributed by atoms with Crippen LogP contribution in [0.15, 0.2) is 47.7 Å². The Bertz CT molecular complexity index is 708. The third kappa shape index (κ3) is 4.37. The summed E-state index contributed by atoms with van der Waals surface area (Å²) in [6.07, 6.45) is -1.45. The Morgan fingerprint density at radius 1 is 1.29 bits per heavy atom. The molecule has 3 nitrogen and oxygen atoms in total. The van der Waals surface area contributed by atoms with Crippen molar-refractivity contribution in [3.05, 3.63) is 58.9 Å². The summed E-state index contributed by atoms with van der Waals surface area (Å²) in [5.41, 5.74) is 0.903. The van der Waals surface area contributed by atoms with Gasteiger partial charge >= 0.3 is 6.18 Å². The van der Waals surface area contributed by atoms with Gasteiger partial charge in [-0.25, -0.2) is 9.98 Å². The average molecular weight is 332 g/mol. The topological polar surface area (TPSA) is 30.2 Å². The molecule has 0 radical (unpaired) electrons. The first-order valence-corrected chi connectivity index (χ1v) is 6.56. The second-order valence-corrected chi connectivity index (χ2v) is 4.86. The summed E-state index contributed by atoms with van der Waals surface area (Å²) in [6, 6.07) is 8.09. The van der Waals surface area contributed by atoms with Crippen molar-refractivity contribution in [1.82, 2.24) is 9.55 Å². The number of halogens is 4. The van der Waals surface area contributed by atoms with Gasteiger partial charge in [0.2, 0.25) is 4.99 Å². The summed E-state index contributed by atoms with van der Waals surface area (Å²) < 4.78 is 39.0. The number of hydrogen-bond acceptors (Lipinski definition) is 2. The van der Waals surface area contributed by atoms with Crippen LogP contribution in [0.3, 0.4) is 0 Å². The highest BCUT2D eigenvalue weighted by molar-refractivity contribution is 7.80. The molecule has 21 heavy (non-hydrogen) atoms. The molecule has 0 bridgehead atoms. The lowest BCUT2D eigenvalue weighted by Crippen LogP contribution is -2.26. The highest BCUT2D eigenvalue weighted by Gasteiger charge is 2.34. The van der Waals surface area contributed by atoms with Gasteiger partial charge in [-0.3, -0.25) is 0 Å². The highest BCUT2D eigenvalue weighted by atomic mass is 35.5. The fraction of sp³-hybridized carbons (Fsp3) is 0.154. The minimum atomic E-state index is -4.62. The number of nitrogens with zero attached hydrogens (tertiary/aromatic N) is 3. The number of pyridine rings is 2. The van der Waals surface area contributed by atoms with Gasteiger partial charge in [-0.15, -0.1) is 0 Å². The van der Waals surface area contributed by atoms with E-state index < -0.39 is 11.2 Å². The molecule has 0 unspecified atom stereocenters. The quantitative estimate of drug-likeness (QED) is 0.624. The first-order chi connectivity index (χ1) is 9.86. The Balaban J connectivity index is 2.35. The van der Waals surface area contributed by atoms with E-state index in [1.54, 1.807) is 41.2 Å². The molecule has 0 saturated carbocycles. The molecular weight excluding hydrogens is 323 g/mol. The van der Waals surface area contributed by atoms with E-state index in [2.05, 4.69) is 22.2 Å². The zero-order chi connectivity index (χ0) is 15.5. The van der Waals surface area contributed by atoms with E-state index in [-0.39, 0.29) is 5.49 Å². The minimum absolute atomic E-state index is 0.120. The zero-order valence-corrected chi connectivity index (χ0v) is 12.1. The smallest absolute Gasteiger partial charge is 0.329 e. The van der Waals surface area contributed by atoms with Crippen LogP contribution in [0.5, 0.6) is 0 Å². The van der Waals surface area contributed by atoms with Crippen molar-refractivity contribution in [2.24, 2.45) is 4.99 Å². The largest absolute Gasteiger partial charge is 0.443 e. The van der Waals surface area contributed by atoms with Gasteiger partial charge in [0, 0.05) is 12.4 Å².